The molecule has 0 aromatic heterocycles. The molecule has 236 valence electrons. The molecular formula is C26H16F6N4O9. The van der Waals surface area contributed by atoms with Gasteiger partial charge in [-0.1, -0.05) is 12.1 Å². The molecule has 2 aromatic carbocycles. The van der Waals surface area contributed by atoms with E-state index < -0.39 is 101 Å². The van der Waals surface area contributed by atoms with E-state index in [1.54, 1.807) is 0 Å². The first kappa shape index (κ1) is 32.5. The summed E-state index contributed by atoms with van der Waals surface area (Å²) >= 11 is 0. The fourth-order valence-electron chi connectivity index (χ4n) is 4.32. The average Bonchev–Trinajstić information content (AvgIpc) is 3.38. The highest BCUT2D eigenvalue weighted by atomic mass is 19.3. The van der Waals surface area contributed by atoms with Crippen molar-refractivity contribution in [2.45, 2.75) is 36.8 Å². The number of benzene rings is 2. The van der Waals surface area contributed by atoms with Crippen LogP contribution < -0.4 is 16.4 Å². The summed E-state index contributed by atoms with van der Waals surface area (Å²) in [5.74, 6) is -18.5. The minimum absolute atomic E-state index is 0.000000000000000444. The van der Waals surface area contributed by atoms with Gasteiger partial charge in [-0.05, 0) is 24.3 Å². The fourth-order valence-corrected chi connectivity index (χ4v) is 4.32. The second-order valence-electron chi connectivity index (χ2n) is 9.56. The molecule has 0 saturated carbocycles. The number of nitrogens with zero attached hydrogens (tertiary/aromatic N) is 1. The molecule has 13 nitrogen and oxygen atoms in total. The molecule has 4 heterocycles. The molecule has 0 bridgehead atoms. The third-order valence-corrected chi connectivity index (χ3v) is 6.53. The van der Waals surface area contributed by atoms with E-state index in [0.717, 1.165) is 18.2 Å². The minimum atomic E-state index is -3.91. The van der Waals surface area contributed by atoms with Crippen molar-refractivity contribution in [1.29, 1.82) is 0 Å². The largest absolute Gasteiger partial charge is 0.386 e. The Morgan fingerprint density at radius 1 is 0.689 bits per heavy atom. The Morgan fingerprint density at radius 2 is 1.20 bits per heavy atom. The van der Waals surface area contributed by atoms with Gasteiger partial charge in [0.05, 0.1) is 29.2 Å². The Labute approximate surface area is 245 Å². The zero-order chi connectivity index (χ0) is 33.6. The first-order valence-corrected chi connectivity index (χ1v) is 12.3. The summed E-state index contributed by atoms with van der Waals surface area (Å²) in [4.78, 5) is 89.7. The molecule has 4 aliphatic rings. The summed E-state index contributed by atoms with van der Waals surface area (Å²) in [6.07, 6.45) is -2.23. The molecular weight excluding hydrogens is 626 g/mol. The molecule has 4 aliphatic heterocycles. The van der Waals surface area contributed by atoms with Crippen LogP contribution in [0.3, 0.4) is 0 Å². The zero-order valence-corrected chi connectivity index (χ0v) is 22.0. The third kappa shape index (κ3) is 6.01. The van der Waals surface area contributed by atoms with Crippen LogP contribution in [0.2, 0.25) is 0 Å². The average molecular weight is 642 g/mol. The van der Waals surface area contributed by atoms with Crippen molar-refractivity contribution in [2.24, 2.45) is 5.73 Å². The number of carbonyl (C=O) groups excluding carboxylic acids is 8. The number of hydrogen-bond acceptors (Lipinski definition) is 10. The van der Waals surface area contributed by atoms with Gasteiger partial charge in [-0.25, -0.2) is 18.4 Å². The molecule has 2 fully saturated rings. The van der Waals surface area contributed by atoms with Gasteiger partial charge in [0.25, 0.3) is 23.6 Å². The van der Waals surface area contributed by atoms with Gasteiger partial charge in [0.15, 0.2) is 0 Å². The van der Waals surface area contributed by atoms with Crippen LogP contribution in [0.4, 0.5) is 26.3 Å². The number of halogens is 6. The van der Waals surface area contributed by atoms with Crippen LogP contribution in [0.5, 0.6) is 0 Å². The van der Waals surface area contributed by atoms with Crippen molar-refractivity contribution in [3.05, 3.63) is 70.3 Å². The summed E-state index contributed by atoms with van der Waals surface area (Å²) in [5, 5.41) is 2.88. The van der Waals surface area contributed by atoms with Crippen LogP contribution in [0.25, 0.3) is 0 Å². The summed E-state index contributed by atoms with van der Waals surface area (Å²) < 4.78 is 82.4. The van der Waals surface area contributed by atoms with Crippen molar-refractivity contribution in [3.8, 4) is 0 Å². The molecule has 0 spiro atoms. The van der Waals surface area contributed by atoms with E-state index in [-0.39, 0.29) is 21.6 Å². The van der Waals surface area contributed by atoms with Gasteiger partial charge < -0.3 is 10.5 Å². The van der Waals surface area contributed by atoms with Gasteiger partial charge in [-0.2, -0.15) is 17.6 Å². The molecule has 2 atom stereocenters. The number of hydrogen-bond donors (Lipinski definition) is 3. The Hall–Kier alpha value is -5.46. The highest BCUT2D eigenvalue weighted by molar-refractivity contribution is 6.23. The zero-order valence-electron chi connectivity index (χ0n) is 22.0. The van der Waals surface area contributed by atoms with E-state index in [1.165, 1.54) is 28.8 Å². The number of rotatable bonds is 1. The highest BCUT2D eigenvalue weighted by Crippen LogP contribution is 2.33. The number of carbonyl (C=O) groups is 8. The van der Waals surface area contributed by atoms with Crippen molar-refractivity contribution >= 4 is 47.4 Å². The smallest absolute Gasteiger partial charge is 0.349 e. The lowest BCUT2D eigenvalue weighted by molar-refractivity contribution is -0.159. The Balaban J connectivity index is 0.000000169. The number of amides is 6. The number of esters is 2. The summed E-state index contributed by atoms with van der Waals surface area (Å²) in [6, 6.07) is 3.93. The Morgan fingerprint density at radius 3 is 1.73 bits per heavy atom. The first-order valence-electron chi connectivity index (χ1n) is 12.3. The maximum absolute atomic E-state index is 13.7. The monoisotopic (exact) mass is 642 g/mol. The Bertz CT molecular complexity index is 1710. The number of alkyl halides is 4. The number of cyclic esters (lactones) is 2. The lowest BCUT2D eigenvalue weighted by Crippen LogP contribution is -2.61. The minimum Gasteiger partial charge on any atom is -0.386 e. The molecule has 4 N–H and O–H groups in total. The van der Waals surface area contributed by atoms with E-state index in [0.29, 0.717) is 0 Å². The lowest BCUT2D eigenvalue weighted by Gasteiger charge is -2.31. The van der Waals surface area contributed by atoms with Crippen LogP contribution >= 0.6 is 0 Å². The second-order valence-corrected chi connectivity index (χ2v) is 9.56. The van der Waals surface area contributed by atoms with Crippen LogP contribution in [-0.4, -0.2) is 76.2 Å². The molecule has 19 heteroatoms. The van der Waals surface area contributed by atoms with E-state index in [9.17, 15) is 64.7 Å². The SMILES string of the molecule is NC1CC(F)(F)C(=O)NC1=O.O=C1NC(=O)C(F)(F)CC1N1C(=O)c2cccc(F)c2C1=O.O=C1OC(=O)c2c(F)cccc21. The summed E-state index contributed by atoms with van der Waals surface area (Å²) in [5.41, 5.74) is 3.83. The second kappa shape index (κ2) is 11.6. The van der Waals surface area contributed by atoms with E-state index in [1.807, 2.05) is 0 Å². The molecule has 0 radical (unpaired) electrons. The third-order valence-electron chi connectivity index (χ3n) is 6.53. The van der Waals surface area contributed by atoms with Crippen LogP contribution in [0.15, 0.2) is 36.4 Å². The highest BCUT2D eigenvalue weighted by Gasteiger charge is 2.54. The maximum Gasteiger partial charge on any atom is 0.349 e. The number of ether oxygens (including phenoxy) is 1. The van der Waals surface area contributed by atoms with Crippen molar-refractivity contribution in [1.82, 2.24) is 15.5 Å². The number of piperidine rings is 2. The normalized spacial score (nSPS) is 22.7. The molecule has 0 aliphatic carbocycles. The van der Waals surface area contributed by atoms with Gasteiger partial charge in [0.2, 0.25) is 11.8 Å². The molecule has 6 rings (SSSR count). The summed E-state index contributed by atoms with van der Waals surface area (Å²) in [7, 11) is 0. The van der Waals surface area contributed by atoms with Crippen molar-refractivity contribution < 1.29 is 69.4 Å². The number of fused-ring (bicyclic) bond motifs is 2. The predicted molar refractivity (Wildman–Crippen MR) is 130 cm³/mol. The van der Waals surface area contributed by atoms with Gasteiger partial charge in [0, 0.05) is 6.42 Å². The van der Waals surface area contributed by atoms with Crippen LogP contribution in [0.1, 0.15) is 54.3 Å². The van der Waals surface area contributed by atoms with Crippen molar-refractivity contribution in [2.75, 3.05) is 0 Å². The van der Waals surface area contributed by atoms with E-state index in [2.05, 4.69) is 4.74 Å². The van der Waals surface area contributed by atoms with E-state index >= 15 is 0 Å². The van der Waals surface area contributed by atoms with Crippen LogP contribution in [-0.2, 0) is 23.9 Å². The molecule has 45 heavy (non-hydrogen) atoms. The first-order chi connectivity index (χ1) is 20.9. The van der Waals surface area contributed by atoms with Gasteiger partial charge in [0.1, 0.15) is 23.2 Å². The molecule has 2 saturated heterocycles. The number of nitrogens with one attached hydrogen (secondary N) is 2. The Kier molecular flexibility index (Phi) is 8.34. The van der Waals surface area contributed by atoms with Crippen molar-refractivity contribution in [3.63, 3.8) is 0 Å². The quantitative estimate of drug-likeness (QED) is 0.171. The van der Waals surface area contributed by atoms with Gasteiger partial charge >= 0.3 is 23.8 Å². The van der Waals surface area contributed by atoms with Crippen LogP contribution in [0, 0.1) is 11.6 Å². The lowest BCUT2D eigenvalue weighted by atomic mass is 10.0. The fraction of sp³-hybridized carbons (Fsp3) is 0.231. The van der Waals surface area contributed by atoms with E-state index in [4.69, 9.17) is 5.73 Å². The summed E-state index contributed by atoms with van der Waals surface area (Å²) in [6.45, 7) is 0. The van der Waals surface area contributed by atoms with Gasteiger partial charge in [-0.3, -0.25) is 44.3 Å². The predicted octanol–water partition coefficient (Wildman–Crippen LogP) is 0.604. The molecule has 6 amide bonds. The van der Waals surface area contributed by atoms with Gasteiger partial charge in [-0.15, -0.1) is 0 Å². The standard InChI is InChI=1S/C13H7F3N2O4.C8H3FO3.C5H6F2N2O2/c14-6-3-1-2-5-8(6)11(21)18(10(5)20)7-4-13(15,16)12(22)17-9(7)19;9-5-3-1-2-4-6(5)8(11)12-7(4)10;6-5(7)1-2(8)3(10)9-4(5)11/h1-3,7H,4H2,(H,17,19,22);1-3H;2H,1,8H2,(H,9,10,11). The maximum atomic E-state index is 13.7. The molecule has 2 aromatic rings. The topological polar surface area (TPSA) is 199 Å². The number of imide groups is 3. The molecule has 2 unspecified atom stereocenters. The number of nitrogens with two attached hydrogens (primary N) is 1.